The van der Waals surface area contributed by atoms with Gasteiger partial charge in [0, 0.05) is 18.8 Å². The molecular formula is C10H14N6. The van der Waals surface area contributed by atoms with Crippen LogP contribution in [0.3, 0.4) is 0 Å². The van der Waals surface area contributed by atoms with Crippen LogP contribution in [0.4, 0.5) is 5.82 Å². The number of hydrogen-bond acceptors (Lipinski definition) is 5. The van der Waals surface area contributed by atoms with Crippen LogP contribution in [0.15, 0.2) is 12.3 Å². The third-order valence-electron chi connectivity index (χ3n) is 2.24. The molecule has 0 saturated heterocycles. The van der Waals surface area contributed by atoms with E-state index in [2.05, 4.69) is 44.5 Å². The van der Waals surface area contributed by atoms with Crippen molar-refractivity contribution in [3.05, 3.63) is 18.0 Å². The van der Waals surface area contributed by atoms with Crippen molar-refractivity contribution in [3.8, 4) is 11.5 Å². The quantitative estimate of drug-likeness (QED) is 0.814. The Morgan fingerprint density at radius 1 is 1.31 bits per heavy atom. The number of rotatable bonds is 3. The minimum absolute atomic E-state index is 0.348. The fraction of sp³-hybridized carbons (Fsp3) is 0.400. The maximum Gasteiger partial charge on any atom is 0.183 e. The van der Waals surface area contributed by atoms with Gasteiger partial charge in [-0.2, -0.15) is 15.4 Å². The van der Waals surface area contributed by atoms with Gasteiger partial charge in [-0.05, 0) is 5.92 Å². The van der Waals surface area contributed by atoms with Gasteiger partial charge >= 0.3 is 0 Å². The van der Waals surface area contributed by atoms with Crippen LogP contribution in [-0.4, -0.2) is 32.4 Å². The molecule has 6 heteroatoms. The molecule has 0 aliphatic rings. The van der Waals surface area contributed by atoms with Gasteiger partial charge in [0.2, 0.25) is 0 Å². The number of nitrogens with one attached hydrogen (secondary N) is 2. The molecule has 84 valence electrons. The average Bonchev–Trinajstić information content (AvgIpc) is 2.81. The molecule has 0 unspecified atom stereocenters. The van der Waals surface area contributed by atoms with Crippen molar-refractivity contribution < 1.29 is 0 Å². The third kappa shape index (κ3) is 2.00. The second-order valence-electron chi connectivity index (χ2n) is 3.76. The number of hydrogen-bond donors (Lipinski definition) is 2. The summed E-state index contributed by atoms with van der Waals surface area (Å²) in [5.74, 6) is 1.72. The molecule has 0 radical (unpaired) electrons. The summed E-state index contributed by atoms with van der Waals surface area (Å²) in [6, 6.07) is 1.94. The first-order valence-corrected chi connectivity index (χ1v) is 5.13. The Morgan fingerprint density at radius 2 is 2.12 bits per heavy atom. The minimum atomic E-state index is 0.348. The Labute approximate surface area is 93.5 Å². The van der Waals surface area contributed by atoms with Crippen LogP contribution in [-0.2, 0) is 0 Å². The molecule has 0 atom stereocenters. The van der Waals surface area contributed by atoms with E-state index in [9.17, 15) is 0 Å². The number of aromatic nitrogens is 5. The molecule has 0 aromatic carbocycles. The predicted molar refractivity (Wildman–Crippen MR) is 61.0 cm³/mol. The van der Waals surface area contributed by atoms with Gasteiger partial charge in [0.15, 0.2) is 5.82 Å². The van der Waals surface area contributed by atoms with Crippen LogP contribution >= 0.6 is 0 Å². The van der Waals surface area contributed by atoms with Crippen LogP contribution in [0, 0.1) is 0 Å². The van der Waals surface area contributed by atoms with Gasteiger partial charge in [0.1, 0.15) is 11.5 Å². The third-order valence-corrected chi connectivity index (χ3v) is 2.24. The summed E-state index contributed by atoms with van der Waals surface area (Å²) >= 11 is 0. The van der Waals surface area contributed by atoms with Gasteiger partial charge in [0.25, 0.3) is 0 Å². The number of nitrogens with zero attached hydrogens (tertiary/aromatic N) is 4. The molecule has 2 aromatic heterocycles. The molecule has 0 amide bonds. The highest BCUT2D eigenvalue weighted by molar-refractivity contribution is 5.51. The summed E-state index contributed by atoms with van der Waals surface area (Å²) in [5, 5.41) is 13.3. The van der Waals surface area contributed by atoms with Gasteiger partial charge in [-0.3, -0.25) is 0 Å². The van der Waals surface area contributed by atoms with E-state index >= 15 is 0 Å². The van der Waals surface area contributed by atoms with Crippen LogP contribution in [0.5, 0.6) is 0 Å². The molecule has 0 spiro atoms. The van der Waals surface area contributed by atoms with E-state index in [4.69, 9.17) is 0 Å². The zero-order valence-electron chi connectivity index (χ0n) is 9.52. The van der Waals surface area contributed by atoms with Crippen LogP contribution in [0.2, 0.25) is 0 Å². The zero-order valence-corrected chi connectivity index (χ0v) is 9.52. The number of aromatic amines is 1. The summed E-state index contributed by atoms with van der Waals surface area (Å²) in [7, 11) is 1.83. The van der Waals surface area contributed by atoms with Crippen molar-refractivity contribution in [1.29, 1.82) is 0 Å². The normalized spacial score (nSPS) is 10.8. The summed E-state index contributed by atoms with van der Waals surface area (Å²) in [5.41, 5.74) is 1.64. The highest BCUT2D eigenvalue weighted by Gasteiger charge is 2.10. The van der Waals surface area contributed by atoms with Gasteiger partial charge < -0.3 is 5.32 Å². The van der Waals surface area contributed by atoms with Crippen LogP contribution in [0.1, 0.15) is 25.5 Å². The highest BCUT2D eigenvalue weighted by atomic mass is 15.3. The van der Waals surface area contributed by atoms with Gasteiger partial charge in [-0.1, -0.05) is 13.8 Å². The molecule has 0 aliphatic carbocycles. The fourth-order valence-electron chi connectivity index (χ4n) is 1.31. The molecule has 0 bridgehead atoms. The molecule has 2 heterocycles. The molecule has 0 saturated carbocycles. The summed E-state index contributed by atoms with van der Waals surface area (Å²) in [6.45, 7) is 4.18. The largest absolute Gasteiger partial charge is 0.373 e. The smallest absolute Gasteiger partial charge is 0.183 e. The van der Waals surface area contributed by atoms with E-state index in [0.29, 0.717) is 17.4 Å². The topological polar surface area (TPSA) is 79.4 Å². The Bertz CT molecular complexity index is 462. The average molecular weight is 218 g/mol. The molecule has 2 N–H and O–H groups in total. The molecule has 6 nitrogen and oxygen atoms in total. The molecule has 2 rings (SSSR count). The van der Waals surface area contributed by atoms with Gasteiger partial charge in [0.05, 0.1) is 6.20 Å². The first kappa shape index (κ1) is 10.5. The first-order valence-electron chi connectivity index (χ1n) is 5.13. The van der Waals surface area contributed by atoms with Crippen molar-refractivity contribution in [1.82, 2.24) is 25.4 Å². The van der Waals surface area contributed by atoms with E-state index in [1.807, 2.05) is 13.1 Å². The van der Waals surface area contributed by atoms with Crippen molar-refractivity contribution in [2.24, 2.45) is 0 Å². The van der Waals surface area contributed by atoms with Crippen molar-refractivity contribution in [2.45, 2.75) is 19.8 Å². The lowest BCUT2D eigenvalue weighted by Crippen LogP contribution is -2.02. The maximum absolute atomic E-state index is 4.45. The van der Waals surface area contributed by atoms with E-state index in [0.717, 1.165) is 11.5 Å². The van der Waals surface area contributed by atoms with Crippen LogP contribution < -0.4 is 5.32 Å². The van der Waals surface area contributed by atoms with Crippen molar-refractivity contribution in [2.75, 3.05) is 12.4 Å². The lowest BCUT2D eigenvalue weighted by atomic mass is 10.1. The van der Waals surface area contributed by atoms with Crippen molar-refractivity contribution >= 4 is 5.82 Å². The Balaban J connectivity index is 2.49. The molecule has 16 heavy (non-hydrogen) atoms. The summed E-state index contributed by atoms with van der Waals surface area (Å²) in [4.78, 5) is 8.78. The van der Waals surface area contributed by atoms with E-state index in [1.165, 1.54) is 0 Å². The molecule has 2 aromatic rings. The fourth-order valence-corrected chi connectivity index (χ4v) is 1.31. The van der Waals surface area contributed by atoms with Gasteiger partial charge in [-0.15, -0.1) is 0 Å². The highest BCUT2D eigenvalue weighted by Crippen LogP contribution is 2.19. The first-order chi connectivity index (χ1) is 7.70. The Hall–Kier alpha value is -1.98. The Kier molecular flexibility index (Phi) is 2.80. The molecular weight excluding hydrogens is 204 g/mol. The number of H-pyrrole nitrogens is 1. The lowest BCUT2D eigenvalue weighted by molar-refractivity contribution is 0.816. The van der Waals surface area contributed by atoms with E-state index in [1.54, 1.807) is 6.20 Å². The summed E-state index contributed by atoms with van der Waals surface area (Å²) < 4.78 is 0. The number of anilines is 1. The van der Waals surface area contributed by atoms with Gasteiger partial charge in [-0.25, -0.2) is 9.97 Å². The van der Waals surface area contributed by atoms with Crippen LogP contribution in [0.25, 0.3) is 11.5 Å². The second-order valence-corrected chi connectivity index (χ2v) is 3.76. The summed E-state index contributed by atoms with van der Waals surface area (Å²) in [6.07, 6.45) is 1.61. The predicted octanol–water partition coefficient (Wildman–Crippen LogP) is 1.43. The zero-order chi connectivity index (χ0) is 11.5. The Morgan fingerprint density at radius 3 is 2.69 bits per heavy atom. The second kappa shape index (κ2) is 4.26. The van der Waals surface area contributed by atoms with E-state index < -0.39 is 0 Å². The maximum atomic E-state index is 4.45. The van der Waals surface area contributed by atoms with E-state index in [-0.39, 0.29) is 0 Å². The molecule has 0 fully saturated rings. The minimum Gasteiger partial charge on any atom is -0.373 e. The molecule has 0 aliphatic heterocycles. The lowest BCUT2D eigenvalue weighted by Gasteiger charge is -2.08. The van der Waals surface area contributed by atoms with Crippen molar-refractivity contribution in [3.63, 3.8) is 0 Å². The standard InChI is InChI=1S/C10H14N6/c1-6(2)7-4-9(11-3)14-10(13-7)8-5-12-16-15-8/h4-6H,1-3H3,(H,11,13,14)(H,12,15,16). The SMILES string of the molecule is CNc1cc(C(C)C)nc(-c2cn[nH]n2)n1. The monoisotopic (exact) mass is 218 g/mol.